The minimum absolute atomic E-state index is 0.0457. The Balaban J connectivity index is 5.17. The standard InChI is InChI=1S/C16H36O3Si2/c1-10-14(5)18-15(17)16(6,7)19-20(8,9)21(11-2,12-3)13-4/h14H,10-13H2,1-9H3. The summed E-state index contributed by atoms with van der Waals surface area (Å²) in [5.41, 5.74) is -0.836. The van der Waals surface area contributed by atoms with Crippen molar-refractivity contribution in [3.05, 3.63) is 0 Å². The first-order valence-electron chi connectivity index (χ1n) is 8.43. The van der Waals surface area contributed by atoms with Gasteiger partial charge in [-0.05, 0) is 40.3 Å². The van der Waals surface area contributed by atoms with Gasteiger partial charge in [-0.25, -0.2) is 4.79 Å². The Bertz CT molecular complexity index is 328. The summed E-state index contributed by atoms with van der Waals surface area (Å²) in [4.78, 5) is 12.4. The number of hydrogen-bond acceptors (Lipinski definition) is 3. The molecule has 1 atom stereocenters. The highest BCUT2D eigenvalue weighted by atomic mass is 29.3. The number of rotatable bonds is 9. The van der Waals surface area contributed by atoms with E-state index in [-0.39, 0.29) is 12.1 Å². The van der Waals surface area contributed by atoms with Crippen LogP contribution in [0, 0.1) is 0 Å². The molecule has 0 fully saturated rings. The molecule has 1 unspecified atom stereocenters. The van der Waals surface area contributed by atoms with E-state index in [1.807, 2.05) is 27.7 Å². The molecule has 0 radical (unpaired) electrons. The molecule has 0 rings (SSSR count). The van der Waals surface area contributed by atoms with Crippen LogP contribution in [0.2, 0.25) is 31.2 Å². The monoisotopic (exact) mass is 332 g/mol. The fraction of sp³-hybridized carbons (Fsp3) is 0.938. The molecule has 21 heavy (non-hydrogen) atoms. The summed E-state index contributed by atoms with van der Waals surface area (Å²) in [5.74, 6) is -0.219. The maximum atomic E-state index is 12.4. The molecule has 0 saturated heterocycles. The summed E-state index contributed by atoms with van der Waals surface area (Å²) in [6, 6.07) is 3.70. The SMILES string of the molecule is CCC(C)OC(=O)C(C)(C)O[Si](C)(C)[Si](CC)(CC)CC. The molecule has 0 aliphatic carbocycles. The summed E-state index contributed by atoms with van der Waals surface area (Å²) < 4.78 is 12.0. The van der Waals surface area contributed by atoms with Gasteiger partial charge < -0.3 is 9.16 Å². The molecule has 0 amide bonds. The predicted octanol–water partition coefficient (Wildman–Crippen LogP) is 4.92. The van der Waals surface area contributed by atoms with Crippen LogP contribution in [0.1, 0.15) is 54.9 Å². The van der Waals surface area contributed by atoms with Gasteiger partial charge in [0.25, 0.3) is 0 Å². The largest absolute Gasteiger partial charge is 0.461 e. The van der Waals surface area contributed by atoms with Gasteiger partial charge in [-0.2, -0.15) is 0 Å². The van der Waals surface area contributed by atoms with Gasteiger partial charge in [0.2, 0.25) is 0 Å². The van der Waals surface area contributed by atoms with E-state index in [0.29, 0.717) is 0 Å². The molecule has 0 aliphatic heterocycles. The summed E-state index contributed by atoms with van der Waals surface area (Å²) in [6.45, 7) is 19.2. The first-order chi connectivity index (χ1) is 9.51. The van der Waals surface area contributed by atoms with Crippen LogP contribution < -0.4 is 0 Å². The molecule has 0 spiro atoms. The average molecular weight is 333 g/mol. The Kier molecular flexibility index (Phi) is 7.87. The van der Waals surface area contributed by atoms with Crippen molar-refractivity contribution in [1.29, 1.82) is 0 Å². The Hall–Kier alpha value is -0.136. The van der Waals surface area contributed by atoms with Gasteiger partial charge in [0.05, 0.1) is 13.7 Å². The van der Waals surface area contributed by atoms with Crippen molar-refractivity contribution in [1.82, 2.24) is 0 Å². The van der Waals surface area contributed by atoms with Crippen LogP contribution >= 0.6 is 0 Å². The summed E-state index contributed by atoms with van der Waals surface area (Å²) in [5, 5.41) is 0. The Morgan fingerprint density at radius 1 is 1.05 bits per heavy atom. The quantitative estimate of drug-likeness (QED) is 0.444. The van der Waals surface area contributed by atoms with Crippen LogP contribution in [-0.2, 0) is 14.0 Å². The van der Waals surface area contributed by atoms with Crippen molar-refractivity contribution in [3.8, 4) is 0 Å². The highest BCUT2D eigenvalue weighted by Crippen LogP contribution is 2.35. The third-order valence-electron chi connectivity index (χ3n) is 5.19. The van der Waals surface area contributed by atoms with E-state index in [1.54, 1.807) is 0 Å². The van der Waals surface area contributed by atoms with Gasteiger partial charge in [0, 0.05) is 0 Å². The zero-order valence-corrected chi connectivity index (χ0v) is 17.6. The zero-order valence-electron chi connectivity index (χ0n) is 15.6. The van der Waals surface area contributed by atoms with Gasteiger partial charge >= 0.3 is 5.97 Å². The van der Waals surface area contributed by atoms with Crippen LogP contribution in [-0.4, -0.2) is 33.1 Å². The Morgan fingerprint density at radius 2 is 1.48 bits per heavy atom. The van der Waals surface area contributed by atoms with Gasteiger partial charge in [-0.1, -0.05) is 45.8 Å². The van der Waals surface area contributed by atoms with Crippen molar-refractivity contribution < 1.29 is 14.0 Å². The maximum Gasteiger partial charge on any atom is 0.336 e. The van der Waals surface area contributed by atoms with E-state index in [4.69, 9.17) is 9.16 Å². The second-order valence-electron chi connectivity index (χ2n) is 7.09. The molecule has 126 valence electrons. The third kappa shape index (κ3) is 4.93. The molecular formula is C16H36O3Si2. The van der Waals surface area contributed by atoms with E-state index >= 15 is 0 Å². The predicted molar refractivity (Wildman–Crippen MR) is 95.7 cm³/mol. The topological polar surface area (TPSA) is 35.5 Å². The average Bonchev–Trinajstić information content (AvgIpc) is 2.39. The van der Waals surface area contributed by atoms with Gasteiger partial charge in [-0.3, -0.25) is 0 Å². The second-order valence-corrected chi connectivity index (χ2v) is 21.8. The minimum Gasteiger partial charge on any atom is -0.461 e. The molecule has 0 heterocycles. The Morgan fingerprint density at radius 3 is 1.81 bits per heavy atom. The molecule has 0 saturated carbocycles. The van der Waals surface area contributed by atoms with Crippen LogP contribution in [0.15, 0.2) is 0 Å². The molecule has 0 aliphatic rings. The van der Waals surface area contributed by atoms with E-state index in [1.165, 1.54) is 18.1 Å². The highest BCUT2D eigenvalue weighted by Gasteiger charge is 2.50. The van der Waals surface area contributed by atoms with E-state index in [9.17, 15) is 4.79 Å². The molecule has 0 aromatic rings. The smallest absolute Gasteiger partial charge is 0.336 e. The van der Waals surface area contributed by atoms with Crippen LogP contribution in [0.4, 0.5) is 0 Å². The number of hydrogen-bond donors (Lipinski definition) is 0. The van der Waals surface area contributed by atoms with E-state index < -0.39 is 21.0 Å². The molecule has 0 bridgehead atoms. The lowest BCUT2D eigenvalue weighted by Gasteiger charge is -2.45. The molecular weight excluding hydrogens is 296 g/mol. The van der Waals surface area contributed by atoms with Crippen molar-refractivity contribution >= 4 is 21.4 Å². The van der Waals surface area contributed by atoms with E-state index in [2.05, 4.69) is 33.9 Å². The molecule has 3 nitrogen and oxygen atoms in total. The molecule has 0 aromatic carbocycles. The molecule has 0 N–H and O–H groups in total. The van der Waals surface area contributed by atoms with Crippen LogP contribution in [0.3, 0.4) is 0 Å². The fourth-order valence-corrected chi connectivity index (χ4v) is 17.9. The third-order valence-corrected chi connectivity index (χ3v) is 24.0. The number of carbonyl (C=O) groups is 1. The lowest BCUT2D eigenvalue weighted by Crippen LogP contribution is -2.63. The fourth-order valence-electron chi connectivity index (χ4n) is 3.22. The maximum absolute atomic E-state index is 12.4. The highest BCUT2D eigenvalue weighted by molar-refractivity contribution is 7.39. The molecule has 0 aromatic heterocycles. The number of ether oxygens (including phenoxy) is 1. The van der Waals surface area contributed by atoms with Gasteiger partial charge in [0.15, 0.2) is 7.83 Å². The van der Waals surface area contributed by atoms with Crippen molar-refractivity contribution in [2.24, 2.45) is 0 Å². The molecule has 5 heteroatoms. The lowest BCUT2D eigenvalue weighted by atomic mass is 10.1. The first kappa shape index (κ1) is 20.9. The summed E-state index contributed by atoms with van der Waals surface area (Å²) in [6.07, 6.45) is 0.788. The zero-order chi connectivity index (χ0) is 16.9. The van der Waals surface area contributed by atoms with Crippen molar-refractivity contribution in [3.63, 3.8) is 0 Å². The van der Waals surface area contributed by atoms with Crippen molar-refractivity contribution in [2.45, 2.75) is 97.8 Å². The van der Waals surface area contributed by atoms with Crippen LogP contribution in [0.25, 0.3) is 0 Å². The van der Waals surface area contributed by atoms with Gasteiger partial charge in [-0.15, -0.1) is 0 Å². The van der Waals surface area contributed by atoms with E-state index in [0.717, 1.165) is 6.42 Å². The second kappa shape index (κ2) is 7.93. The Labute approximate surface area is 133 Å². The van der Waals surface area contributed by atoms with Gasteiger partial charge in [0.1, 0.15) is 5.60 Å². The van der Waals surface area contributed by atoms with Crippen LogP contribution in [0.5, 0.6) is 0 Å². The summed E-state index contributed by atoms with van der Waals surface area (Å²) >= 11 is 0. The first-order valence-corrected chi connectivity index (χ1v) is 15.0. The number of carbonyl (C=O) groups excluding carboxylic acids is 1. The summed E-state index contributed by atoms with van der Waals surface area (Å²) in [7, 11) is -3.34. The lowest BCUT2D eigenvalue weighted by molar-refractivity contribution is -0.164. The minimum atomic E-state index is -1.90. The number of esters is 1. The normalized spacial score (nSPS) is 14.9. The van der Waals surface area contributed by atoms with Crippen molar-refractivity contribution in [2.75, 3.05) is 0 Å².